The molecule has 1 N–H and O–H groups in total. The predicted molar refractivity (Wildman–Crippen MR) is 127 cm³/mol. The summed E-state index contributed by atoms with van der Waals surface area (Å²) in [4.78, 5) is 26.2. The summed E-state index contributed by atoms with van der Waals surface area (Å²) in [5, 5.41) is 8.78. The van der Waals surface area contributed by atoms with Gasteiger partial charge >= 0.3 is 5.97 Å². The molecule has 2 aromatic rings. The van der Waals surface area contributed by atoms with Crippen molar-refractivity contribution in [2.45, 2.75) is 38.8 Å². The van der Waals surface area contributed by atoms with Crippen molar-refractivity contribution in [3.05, 3.63) is 48.5 Å². The quantitative estimate of drug-likeness (QED) is 0.557. The number of carboxylic acid groups (broad SMARTS) is 1. The minimum atomic E-state index is -1.15. The van der Waals surface area contributed by atoms with Crippen molar-refractivity contribution < 1.29 is 23.8 Å². The number of piperidine rings is 1. The van der Waals surface area contributed by atoms with E-state index in [-0.39, 0.29) is 0 Å². The number of likely N-dealkylation sites (tertiary alicyclic amines) is 1. The Bertz CT molecular complexity index is 930. The fourth-order valence-corrected chi connectivity index (χ4v) is 4.07. The maximum atomic E-state index is 13.8. The van der Waals surface area contributed by atoms with Crippen LogP contribution < -0.4 is 9.64 Å². The number of carbonyl (C=O) groups is 2. The van der Waals surface area contributed by atoms with Crippen molar-refractivity contribution in [3.8, 4) is 16.9 Å². The van der Waals surface area contributed by atoms with E-state index in [1.165, 1.54) is 4.90 Å². The lowest BCUT2D eigenvalue weighted by Gasteiger charge is -2.34. The fraction of sp³-hybridized carbons (Fsp3) is 0.462. The van der Waals surface area contributed by atoms with Gasteiger partial charge in [0.15, 0.2) is 0 Å². The third-order valence-corrected chi connectivity index (χ3v) is 5.91. The first-order valence-electron chi connectivity index (χ1n) is 11.3. The average Bonchev–Trinajstić information content (AvgIpc) is 2.77. The van der Waals surface area contributed by atoms with Crippen molar-refractivity contribution in [3.63, 3.8) is 0 Å². The van der Waals surface area contributed by atoms with Gasteiger partial charge in [-0.1, -0.05) is 24.3 Å². The fourth-order valence-electron chi connectivity index (χ4n) is 4.07. The first-order valence-corrected chi connectivity index (χ1v) is 11.3. The predicted octanol–water partition coefficient (Wildman–Crippen LogP) is 4.63. The highest BCUT2D eigenvalue weighted by molar-refractivity contribution is 6.02. The Morgan fingerprint density at radius 1 is 1.06 bits per heavy atom. The zero-order valence-corrected chi connectivity index (χ0v) is 19.6. The molecule has 2 aromatic carbocycles. The standard InChI is InChI=1S/C26H33FN2O4/c1-26(2,27)18-29-14-12-19(13-15-29)17-33-23-10-6-21(7-11-23)20-4-8-22(9-5-20)28(3)24(30)16-25(31)32/h4-11,19H,12-18H2,1-3H3,(H,31,32). The van der Waals surface area contributed by atoms with Crippen molar-refractivity contribution in [2.24, 2.45) is 5.92 Å². The topological polar surface area (TPSA) is 70.1 Å². The van der Waals surface area contributed by atoms with Gasteiger partial charge < -0.3 is 19.6 Å². The molecule has 33 heavy (non-hydrogen) atoms. The average molecular weight is 457 g/mol. The van der Waals surface area contributed by atoms with Gasteiger partial charge in [-0.2, -0.15) is 0 Å². The zero-order valence-electron chi connectivity index (χ0n) is 19.6. The van der Waals surface area contributed by atoms with E-state index in [4.69, 9.17) is 9.84 Å². The summed E-state index contributed by atoms with van der Waals surface area (Å²) in [6.45, 7) is 6.22. The Hall–Kier alpha value is -2.93. The summed E-state index contributed by atoms with van der Waals surface area (Å²) in [5.74, 6) is -0.301. The maximum Gasteiger partial charge on any atom is 0.312 e. The third kappa shape index (κ3) is 7.56. The van der Waals surface area contributed by atoms with E-state index in [0.29, 0.717) is 24.8 Å². The van der Waals surface area contributed by atoms with Crippen molar-refractivity contribution >= 4 is 17.6 Å². The molecule has 1 heterocycles. The summed E-state index contributed by atoms with van der Waals surface area (Å²) in [6, 6.07) is 15.3. The van der Waals surface area contributed by atoms with Crippen molar-refractivity contribution in [2.75, 3.05) is 38.2 Å². The van der Waals surface area contributed by atoms with E-state index in [9.17, 15) is 14.0 Å². The Labute approximate surface area is 195 Å². The first kappa shape index (κ1) is 24.7. The largest absolute Gasteiger partial charge is 0.493 e. The number of aliphatic carboxylic acids is 1. The van der Waals surface area contributed by atoms with E-state index in [1.807, 2.05) is 36.4 Å². The number of benzene rings is 2. The van der Waals surface area contributed by atoms with E-state index in [0.717, 1.165) is 42.8 Å². The number of carbonyl (C=O) groups excluding carboxylic acids is 1. The highest BCUT2D eigenvalue weighted by Crippen LogP contribution is 2.26. The molecule has 0 saturated carbocycles. The molecule has 1 aliphatic rings. The molecule has 178 valence electrons. The van der Waals surface area contributed by atoms with Gasteiger partial charge in [-0.3, -0.25) is 9.59 Å². The van der Waals surface area contributed by atoms with E-state index in [2.05, 4.69) is 4.90 Å². The summed E-state index contributed by atoms with van der Waals surface area (Å²) in [5.41, 5.74) is 1.51. The van der Waals surface area contributed by atoms with Crippen LogP contribution in [0, 0.1) is 5.92 Å². The minimum absolute atomic E-state index is 0.464. The molecule has 0 aromatic heterocycles. The number of nitrogens with zero attached hydrogens (tertiary/aromatic N) is 2. The monoisotopic (exact) mass is 456 g/mol. The molecule has 3 rings (SSSR count). The van der Waals surface area contributed by atoms with Gasteiger partial charge in [0.2, 0.25) is 5.91 Å². The van der Waals surface area contributed by atoms with Gasteiger partial charge in [-0.25, -0.2) is 4.39 Å². The number of hydrogen-bond donors (Lipinski definition) is 1. The smallest absolute Gasteiger partial charge is 0.312 e. The summed E-state index contributed by atoms with van der Waals surface area (Å²) in [6.07, 6.45) is 1.50. The molecule has 0 unspecified atom stereocenters. The van der Waals surface area contributed by atoms with E-state index < -0.39 is 24.0 Å². The molecule has 0 radical (unpaired) electrons. The molecular weight excluding hydrogens is 423 g/mol. The second-order valence-electron chi connectivity index (χ2n) is 9.34. The van der Waals surface area contributed by atoms with Crippen LogP contribution in [-0.2, 0) is 9.59 Å². The molecule has 1 aliphatic heterocycles. The number of anilines is 1. The Kier molecular flexibility index (Phi) is 8.08. The van der Waals surface area contributed by atoms with E-state index in [1.54, 1.807) is 33.0 Å². The lowest BCUT2D eigenvalue weighted by molar-refractivity contribution is -0.140. The van der Waals surface area contributed by atoms with Gasteiger partial charge in [0.25, 0.3) is 0 Å². The van der Waals surface area contributed by atoms with Crippen LogP contribution in [0.25, 0.3) is 11.1 Å². The molecule has 1 fully saturated rings. The highest BCUT2D eigenvalue weighted by Gasteiger charge is 2.25. The number of rotatable bonds is 9. The van der Waals surface area contributed by atoms with Gasteiger partial charge in [0, 0.05) is 19.3 Å². The summed E-state index contributed by atoms with van der Waals surface area (Å²) < 4.78 is 19.8. The minimum Gasteiger partial charge on any atom is -0.493 e. The van der Waals surface area contributed by atoms with Gasteiger partial charge in [-0.05, 0) is 81.1 Å². The van der Waals surface area contributed by atoms with Crippen LogP contribution >= 0.6 is 0 Å². The van der Waals surface area contributed by atoms with Crippen LogP contribution in [0.4, 0.5) is 10.1 Å². The SMILES string of the molecule is CN(C(=O)CC(=O)O)c1ccc(-c2ccc(OCC3CCN(CC(C)(C)F)CC3)cc2)cc1. The molecule has 1 amide bonds. The van der Waals surface area contributed by atoms with Gasteiger partial charge in [-0.15, -0.1) is 0 Å². The van der Waals surface area contributed by atoms with Crippen LogP contribution in [-0.4, -0.2) is 60.8 Å². The van der Waals surface area contributed by atoms with Crippen LogP contribution in [0.1, 0.15) is 33.1 Å². The van der Waals surface area contributed by atoms with Crippen LogP contribution in [0.15, 0.2) is 48.5 Å². The highest BCUT2D eigenvalue weighted by atomic mass is 19.1. The lowest BCUT2D eigenvalue weighted by atomic mass is 9.97. The van der Waals surface area contributed by atoms with Crippen LogP contribution in [0.2, 0.25) is 0 Å². The first-order chi connectivity index (χ1) is 15.6. The number of ether oxygens (including phenoxy) is 1. The molecule has 0 aliphatic carbocycles. The van der Waals surface area contributed by atoms with Crippen LogP contribution in [0.5, 0.6) is 5.75 Å². The number of alkyl halides is 1. The van der Waals surface area contributed by atoms with Crippen molar-refractivity contribution in [1.29, 1.82) is 0 Å². The molecule has 0 spiro atoms. The molecule has 7 heteroatoms. The molecule has 0 atom stereocenters. The number of amides is 1. The van der Waals surface area contributed by atoms with Gasteiger partial charge in [0.05, 0.1) is 6.61 Å². The number of hydrogen-bond acceptors (Lipinski definition) is 4. The summed E-state index contributed by atoms with van der Waals surface area (Å²) in [7, 11) is 1.57. The zero-order chi connectivity index (χ0) is 24.0. The van der Waals surface area contributed by atoms with Crippen LogP contribution in [0.3, 0.4) is 0 Å². The lowest BCUT2D eigenvalue weighted by Crippen LogP contribution is -2.41. The normalized spacial score (nSPS) is 15.3. The second-order valence-corrected chi connectivity index (χ2v) is 9.34. The Morgan fingerprint density at radius 3 is 2.12 bits per heavy atom. The van der Waals surface area contributed by atoms with E-state index >= 15 is 0 Å². The Balaban J connectivity index is 1.49. The van der Waals surface area contributed by atoms with Crippen molar-refractivity contribution in [1.82, 2.24) is 4.90 Å². The second kappa shape index (κ2) is 10.8. The number of carboxylic acids is 1. The molecule has 6 nitrogen and oxygen atoms in total. The molecular formula is C26H33FN2O4. The molecule has 1 saturated heterocycles. The molecule has 0 bridgehead atoms. The number of halogens is 1. The summed E-state index contributed by atoms with van der Waals surface area (Å²) >= 11 is 0. The third-order valence-electron chi connectivity index (χ3n) is 5.91. The van der Waals surface area contributed by atoms with Gasteiger partial charge in [0.1, 0.15) is 17.8 Å². The Morgan fingerprint density at radius 2 is 1.61 bits per heavy atom. The maximum absolute atomic E-state index is 13.8.